The van der Waals surface area contributed by atoms with E-state index in [0.29, 0.717) is 16.6 Å². The van der Waals surface area contributed by atoms with E-state index < -0.39 is 4.92 Å². The van der Waals surface area contributed by atoms with Gasteiger partial charge in [0.05, 0.1) is 4.92 Å². The van der Waals surface area contributed by atoms with Gasteiger partial charge in [0.1, 0.15) is 16.6 Å². The molecule has 5 nitrogen and oxygen atoms in total. The maximum absolute atomic E-state index is 10.7. The van der Waals surface area contributed by atoms with Gasteiger partial charge in [0.25, 0.3) is 0 Å². The molecule has 0 aromatic carbocycles. The molecule has 0 saturated heterocycles. The highest BCUT2D eigenvalue weighted by atomic mass is 32.1. The van der Waals surface area contributed by atoms with E-state index in [2.05, 4.69) is 5.32 Å². The SMILES string of the molecule is N#Cc1cc(NC2CCC2)c([N+](=O)[O-])s1. The Morgan fingerprint density at radius 1 is 1.67 bits per heavy atom. The highest BCUT2D eigenvalue weighted by Crippen LogP contribution is 2.36. The van der Waals surface area contributed by atoms with E-state index in [9.17, 15) is 10.1 Å². The number of nitrogens with zero attached hydrogens (tertiary/aromatic N) is 2. The van der Waals surface area contributed by atoms with Crippen LogP contribution in [0.25, 0.3) is 0 Å². The number of anilines is 1. The Hall–Kier alpha value is -1.61. The van der Waals surface area contributed by atoms with Gasteiger partial charge in [-0.3, -0.25) is 10.1 Å². The monoisotopic (exact) mass is 223 g/mol. The van der Waals surface area contributed by atoms with E-state index in [4.69, 9.17) is 5.26 Å². The Morgan fingerprint density at radius 3 is 2.87 bits per heavy atom. The minimum Gasteiger partial charge on any atom is -0.376 e. The fourth-order valence-corrected chi connectivity index (χ4v) is 2.18. The third-order valence-electron chi connectivity index (χ3n) is 2.45. The van der Waals surface area contributed by atoms with Crippen LogP contribution < -0.4 is 5.32 Å². The second-order valence-electron chi connectivity index (χ2n) is 3.47. The molecular formula is C9H9N3O2S. The first-order valence-corrected chi connectivity index (χ1v) is 5.47. The maximum Gasteiger partial charge on any atom is 0.348 e. The fraction of sp³-hybridized carbons (Fsp3) is 0.444. The topological polar surface area (TPSA) is 79.0 Å². The van der Waals surface area contributed by atoms with Crippen molar-refractivity contribution < 1.29 is 4.92 Å². The third-order valence-corrected chi connectivity index (χ3v) is 3.44. The van der Waals surface area contributed by atoms with Crippen LogP contribution in [0.2, 0.25) is 0 Å². The lowest BCUT2D eigenvalue weighted by molar-refractivity contribution is -0.379. The average molecular weight is 223 g/mol. The Morgan fingerprint density at radius 2 is 2.40 bits per heavy atom. The number of nitro groups is 1. The molecule has 1 fully saturated rings. The summed E-state index contributed by atoms with van der Waals surface area (Å²) in [5.74, 6) is 0. The van der Waals surface area contributed by atoms with Crippen LogP contribution in [0, 0.1) is 21.4 Å². The zero-order valence-corrected chi connectivity index (χ0v) is 8.71. The van der Waals surface area contributed by atoms with Gasteiger partial charge in [0, 0.05) is 6.04 Å². The second-order valence-corrected chi connectivity index (χ2v) is 4.50. The van der Waals surface area contributed by atoms with Gasteiger partial charge >= 0.3 is 5.00 Å². The van der Waals surface area contributed by atoms with E-state index in [1.54, 1.807) is 6.07 Å². The zero-order chi connectivity index (χ0) is 10.8. The first-order valence-electron chi connectivity index (χ1n) is 4.65. The van der Waals surface area contributed by atoms with E-state index >= 15 is 0 Å². The molecular weight excluding hydrogens is 214 g/mol. The smallest absolute Gasteiger partial charge is 0.348 e. The van der Waals surface area contributed by atoms with Gasteiger partial charge in [-0.05, 0) is 36.7 Å². The number of hydrogen-bond donors (Lipinski definition) is 1. The maximum atomic E-state index is 10.7. The van der Waals surface area contributed by atoms with Crippen LogP contribution in [0.5, 0.6) is 0 Å². The molecule has 0 atom stereocenters. The number of thiophene rings is 1. The first-order chi connectivity index (χ1) is 7.20. The normalized spacial score (nSPS) is 15.4. The summed E-state index contributed by atoms with van der Waals surface area (Å²) in [6.07, 6.45) is 3.27. The molecule has 1 saturated carbocycles. The molecule has 1 N–H and O–H groups in total. The van der Waals surface area contributed by atoms with Gasteiger partial charge in [0.15, 0.2) is 0 Å². The number of nitrogens with one attached hydrogen (secondary N) is 1. The van der Waals surface area contributed by atoms with Crippen molar-refractivity contribution in [3.05, 3.63) is 21.1 Å². The van der Waals surface area contributed by atoms with Crippen LogP contribution >= 0.6 is 11.3 Å². The Labute approximate surface area is 90.5 Å². The van der Waals surface area contributed by atoms with Crippen molar-refractivity contribution in [2.75, 3.05) is 5.32 Å². The van der Waals surface area contributed by atoms with Crippen molar-refractivity contribution >= 4 is 22.0 Å². The molecule has 0 amide bonds. The average Bonchev–Trinajstić information content (AvgIpc) is 2.54. The zero-order valence-electron chi connectivity index (χ0n) is 7.90. The Bertz CT molecular complexity index is 431. The quantitative estimate of drug-likeness (QED) is 0.630. The Kier molecular flexibility index (Phi) is 2.56. The van der Waals surface area contributed by atoms with Crippen molar-refractivity contribution in [1.82, 2.24) is 0 Å². The van der Waals surface area contributed by atoms with Gasteiger partial charge in [-0.25, -0.2) is 0 Å². The standard InChI is InChI=1S/C9H9N3O2S/c10-5-7-4-8(9(15-7)12(13)14)11-6-2-1-3-6/h4,6,11H,1-3H2. The molecule has 1 aliphatic carbocycles. The third kappa shape index (κ3) is 1.92. The molecule has 0 radical (unpaired) electrons. The lowest BCUT2D eigenvalue weighted by Crippen LogP contribution is -2.26. The van der Waals surface area contributed by atoms with Crippen molar-refractivity contribution in [2.24, 2.45) is 0 Å². The van der Waals surface area contributed by atoms with Gasteiger partial charge < -0.3 is 5.32 Å². The second kappa shape index (κ2) is 3.87. The van der Waals surface area contributed by atoms with E-state index in [1.165, 1.54) is 6.42 Å². The largest absolute Gasteiger partial charge is 0.376 e. The minimum absolute atomic E-state index is 0.0402. The minimum atomic E-state index is -0.438. The number of rotatable bonds is 3. The molecule has 0 spiro atoms. The molecule has 1 aromatic heterocycles. The highest BCUT2D eigenvalue weighted by molar-refractivity contribution is 7.16. The van der Waals surface area contributed by atoms with Crippen LogP contribution in [0.1, 0.15) is 24.1 Å². The summed E-state index contributed by atoms with van der Waals surface area (Å²) in [5.41, 5.74) is 0.492. The predicted octanol–water partition coefficient (Wildman–Crippen LogP) is 2.49. The Balaban J connectivity index is 2.23. The van der Waals surface area contributed by atoms with Crippen molar-refractivity contribution in [3.63, 3.8) is 0 Å². The summed E-state index contributed by atoms with van der Waals surface area (Å²) >= 11 is 0.921. The van der Waals surface area contributed by atoms with Crippen molar-refractivity contribution in [1.29, 1.82) is 5.26 Å². The van der Waals surface area contributed by atoms with Gasteiger partial charge in [-0.1, -0.05) is 0 Å². The van der Waals surface area contributed by atoms with E-state index in [1.807, 2.05) is 6.07 Å². The molecule has 0 unspecified atom stereocenters. The summed E-state index contributed by atoms with van der Waals surface area (Å²) in [6.45, 7) is 0. The number of nitriles is 1. The van der Waals surface area contributed by atoms with Crippen LogP contribution in [0.15, 0.2) is 6.07 Å². The van der Waals surface area contributed by atoms with Crippen LogP contribution in [0.4, 0.5) is 10.7 Å². The molecule has 0 aliphatic heterocycles. The first kappa shape index (κ1) is 9.93. The summed E-state index contributed by atoms with van der Waals surface area (Å²) < 4.78 is 0. The highest BCUT2D eigenvalue weighted by Gasteiger charge is 2.24. The molecule has 0 bridgehead atoms. The number of hydrogen-bond acceptors (Lipinski definition) is 5. The molecule has 2 rings (SSSR count). The van der Waals surface area contributed by atoms with Crippen molar-refractivity contribution in [3.8, 4) is 6.07 Å². The van der Waals surface area contributed by atoms with Crippen LogP contribution in [0.3, 0.4) is 0 Å². The lowest BCUT2D eigenvalue weighted by Gasteiger charge is -2.26. The van der Waals surface area contributed by atoms with Crippen molar-refractivity contribution in [2.45, 2.75) is 25.3 Å². The van der Waals surface area contributed by atoms with Crippen LogP contribution in [-0.2, 0) is 0 Å². The van der Waals surface area contributed by atoms with Gasteiger partial charge in [-0.15, -0.1) is 0 Å². The molecule has 1 aliphatic rings. The lowest BCUT2D eigenvalue weighted by atomic mass is 9.93. The molecule has 78 valence electrons. The summed E-state index contributed by atoms with van der Waals surface area (Å²) in [4.78, 5) is 10.6. The van der Waals surface area contributed by atoms with Crippen LogP contribution in [-0.4, -0.2) is 11.0 Å². The van der Waals surface area contributed by atoms with Gasteiger partial charge in [0.2, 0.25) is 0 Å². The summed E-state index contributed by atoms with van der Waals surface area (Å²) in [6, 6.07) is 3.82. The predicted molar refractivity (Wildman–Crippen MR) is 57.0 cm³/mol. The molecule has 6 heteroatoms. The molecule has 15 heavy (non-hydrogen) atoms. The van der Waals surface area contributed by atoms with E-state index in [-0.39, 0.29) is 5.00 Å². The van der Waals surface area contributed by atoms with E-state index in [0.717, 1.165) is 24.2 Å². The summed E-state index contributed by atoms with van der Waals surface area (Å²) in [7, 11) is 0. The van der Waals surface area contributed by atoms with Gasteiger partial charge in [-0.2, -0.15) is 5.26 Å². The fourth-order valence-electron chi connectivity index (χ4n) is 1.45. The summed E-state index contributed by atoms with van der Waals surface area (Å²) in [5, 5.41) is 22.5. The molecule has 1 heterocycles. The molecule has 1 aromatic rings.